The van der Waals surface area contributed by atoms with Crippen LogP contribution in [0.5, 0.6) is 0 Å². The van der Waals surface area contributed by atoms with Crippen molar-refractivity contribution in [2.45, 2.75) is 66.3 Å². The van der Waals surface area contributed by atoms with E-state index in [0.717, 1.165) is 17.6 Å². The molecular weight excluding hydrogens is 394 g/mol. The Labute approximate surface area is 184 Å². The Kier molecular flexibility index (Phi) is 6.70. The summed E-state index contributed by atoms with van der Waals surface area (Å²) in [7, 11) is 0. The van der Waals surface area contributed by atoms with Crippen LogP contribution in [0.1, 0.15) is 60.3 Å². The van der Waals surface area contributed by atoms with Crippen LogP contribution in [0.4, 0.5) is 0 Å². The molecule has 2 aliphatic carbocycles. The van der Waals surface area contributed by atoms with E-state index in [-0.39, 0.29) is 42.7 Å². The number of aliphatic hydroxyl groups is 1. The first-order valence-electron chi connectivity index (χ1n) is 11.4. The van der Waals surface area contributed by atoms with Gasteiger partial charge in [0, 0.05) is 30.9 Å². The number of ketones is 3. The Morgan fingerprint density at radius 1 is 1.10 bits per heavy atom. The largest absolute Gasteiger partial charge is 0.396 e. The van der Waals surface area contributed by atoms with Gasteiger partial charge in [0.1, 0.15) is 5.41 Å². The number of hydrogen-bond acceptors (Lipinski definition) is 5. The molecule has 1 heterocycles. The second-order valence-corrected chi connectivity index (χ2v) is 10.2. The molecule has 6 atom stereocenters. The normalized spacial score (nSPS) is 36.9. The van der Waals surface area contributed by atoms with E-state index < -0.39 is 35.1 Å². The van der Waals surface area contributed by atoms with Gasteiger partial charge in [0.05, 0.1) is 6.42 Å². The SMILES string of the molecule is CC1=C[C@H]2C=C(C)[C@@H](C)[C@H]3[C@H](CC(C)C)NC(=O)[C@@]23C(=O)CC(=O)C(=O)C[C@@H](CO)C1. The minimum Gasteiger partial charge on any atom is -0.396 e. The van der Waals surface area contributed by atoms with Crippen molar-refractivity contribution in [2.75, 3.05) is 6.61 Å². The number of rotatable bonds is 3. The molecule has 6 nitrogen and oxygen atoms in total. The molecule has 0 aromatic carbocycles. The lowest BCUT2D eigenvalue weighted by molar-refractivity contribution is -0.148. The molecule has 1 fully saturated rings. The smallest absolute Gasteiger partial charge is 0.235 e. The second-order valence-electron chi connectivity index (χ2n) is 10.2. The van der Waals surface area contributed by atoms with Gasteiger partial charge < -0.3 is 10.4 Å². The summed E-state index contributed by atoms with van der Waals surface area (Å²) in [5, 5.41) is 12.8. The molecule has 1 amide bonds. The van der Waals surface area contributed by atoms with Gasteiger partial charge in [-0.05, 0) is 44.4 Å². The summed E-state index contributed by atoms with van der Waals surface area (Å²) in [5.41, 5.74) is 0.661. The van der Waals surface area contributed by atoms with E-state index in [1.54, 1.807) is 0 Å². The van der Waals surface area contributed by atoms with Crippen LogP contribution in [0.3, 0.4) is 0 Å². The topological polar surface area (TPSA) is 101 Å². The first-order chi connectivity index (χ1) is 14.5. The fraction of sp³-hybridized carbons (Fsp3) is 0.680. The minimum atomic E-state index is -1.38. The molecule has 0 aromatic heterocycles. The van der Waals surface area contributed by atoms with Crippen LogP contribution in [0.2, 0.25) is 0 Å². The van der Waals surface area contributed by atoms with E-state index in [9.17, 15) is 24.3 Å². The van der Waals surface area contributed by atoms with Crippen molar-refractivity contribution >= 4 is 23.3 Å². The molecule has 3 aliphatic rings. The zero-order chi connectivity index (χ0) is 23.1. The van der Waals surface area contributed by atoms with Crippen LogP contribution in [0.15, 0.2) is 23.3 Å². The summed E-state index contributed by atoms with van der Waals surface area (Å²) in [6.07, 6.45) is 4.51. The number of allylic oxidation sites excluding steroid dienone is 4. The summed E-state index contributed by atoms with van der Waals surface area (Å²) in [6.45, 7) is 9.95. The van der Waals surface area contributed by atoms with Gasteiger partial charge in [-0.2, -0.15) is 0 Å². The summed E-state index contributed by atoms with van der Waals surface area (Å²) in [4.78, 5) is 52.4. The molecule has 2 N–H and O–H groups in total. The fourth-order valence-electron chi connectivity index (χ4n) is 6.00. The van der Waals surface area contributed by atoms with Crippen molar-refractivity contribution < 1.29 is 24.3 Å². The molecule has 170 valence electrons. The Morgan fingerprint density at radius 3 is 2.39 bits per heavy atom. The second kappa shape index (κ2) is 8.81. The van der Waals surface area contributed by atoms with Gasteiger partial charge in [0.2, 0.25) is 11.7 Å². The highest BCUT2D eigenvalue weighted by Crippen LogP contribution is 2.55. The summed E-state index contributed by atoms with van der Waals surface area (Å²) in [5.74, 6) is -2.95. The van der Waals surface area contributed by atoms with Gasteiger partial charge in [0.25, 0.3) is 0 Å². The molecular formula is C25H35NO5. The van der Waals surface area contributed by atoms with Crippen LogP contribution >= 0.6 is 0 Å². The molecule has 1 aliphatic heterocycles. The first kappa shape index (κ1) is 23.6. The third-order valence-corrected chi connectivity index (χ3v) is 7.50. The van der Waals surface area contributed by atoms with E-state index in [1.165, 1.54) is 0 Å². The van der Waals surface area contributed by atoms with Gasteiger partial charge >= 0.3 is 0 Å². The van der Waals surface area contributed by atoms with Crippen LogP contribution in [0.25, 0.3) is 0 Å². The summed E-state index contributed by atoms with van der Waals surface area (Å²) >= 11 is 0. The summed E-state index contributed by atoms with van der Waals surface area (Å²) < 4.78 is 0. The first-order valence-corrected chi connectivity index (χ1v) is 11.4. The predicted octanol–water partition coefficient (Wildman–Crippen LogP) is 2.79. The number of hydrogen-bond donors (Lipinski definition) is 2. The molecule has 0 bridgehead atoms. The van der Waals surface area contributed by atoms with Crippen molar-refractivity contribution in [1.29, 1.82) is 0 Å². The monoisotopic (exact) mass is 429 g/mol. The maximum absolute atomic E-state index is 13.7. The fourth-order valence-corrected chi connectivity index (χ4v) is 6.00. The van der Waals surface area contributed by atoms with E-state index >= 15 is 0 Å². The van der Waals surface area contributed by atoms with Crippen molar-refractivity contribution in [3.8, 4) is 0 Å². The van der Waals surface area contributed by atoms with Gasteiger partial charge in [-0.1, -0.05) is 44.1 Å². The molecule has 1 spiro atoms. The number of amides is 1. The number of aliphatic hydroxyl groups excluding tert-OH is 1. The highest BCUT2D eigenvalue weighted by atomic mass is 16.3. The molecule has 6 heteroatoms. The molecule has 0 unspecified atom stereocenters. The number of carbonyl (C=O) groups is 4. The van der Waals surface area contributed by atoms with E-state index in [2.05, 4.69) is 19.2 Å². The average molecular weight is 430 g/mol. The lowest BCUT2D eigenvalue weighted by atomic mass is 9.54. The molecule has 31 heavy (non-hydrogen) atoms. The average Bonchev–Trinajstić information content (AvgIpc) is 2.96. The van der Waals surface area contributed by atoms with Gasteiger partial charge in [-0.3, -0.25) is 19.2 Å². The highest BCUT2D eigenvalue weighted by molar-refractivity contribution is 6.41. The zero-order valence-electron chi connectivity index (χ0n) is 19.2. The summed E-state index contributed by atoms with van der Waals surface area (Å²) in [6, 6.07) is -0.160. The molecule has 1 saturated heterocycles. The van der Waals surface area contributed by atoms with Crippen LogP contribution in [-0.4, -0.2) is 41.0 Å². The minimum absolute atomic E-state index is 0.00210. The lowest BCUT2D eigenvalue weighted by Gasteiger charge is -2.45. The lowest BCUT2D eigenvalue weighted by Crippen LogP contribution is -2.53. The Bertz CT molecular complexity index is 854. The Balaban J connectivity index is 2.20. The predicted molar refractivity (Wildman–Crippen MR) is 117 cm³/mol. The van der Waals surface area contributed by atoms with Crippen molar-refractivity contribution in [3.05, 3.63) is 23.3 Å². The molecule has 0 saturated carbocycles. The van der Waals surface area contributed by atoms with Crippen LogP contribution in [-0.2, 0) is 19.2 Å². The zero-order valence-corrected chi connectivity index (χ0v) is 19.2. The maximum atomic E-state index is 13.7. The van der Waals surface area contributed by atoms with E-state index in [1.807, 2.05) is 32.9 Å². The third kappa shape index (κ3) is 4.07. The van der Waals surface area contributed by atoms with Gasteiger partial charge in [-0.15, -0.1) is 0 Å². The van der Waals surface area contributed by atoms with Crippen molar-refractivity contribution in [3.63, 3.8) is 0 Å². The van der Waals surface area contributed by atoms with E-state index in [0.29, 0.717) is 12.3 Å². The Hall–Kier alpha value is -2.08. The third-order valence-electron chi connectivity index (χ3n) is 7.50. The number of nitrogens with one attached hydrogen (secondary N) is 1. The van der Waals surface area contributed by atoms with Crippen LogP contribution < -0.4 is 5.32 Å². The van der Waals surface area contributed by atoms with E-state index in [4.69, 9.17) is 0 Å². The number of Topliss-reactive ketones (excluding diaryl/α,β-unsaturated/α-hetero) is 3. The van der Waals surface area contributed by atoms with Crippen LogP contribution in [0, 0.1) is 35.0 Å². The van der Waals surface area contributed by atoms with Crippen molar-refractivity contribution in [2.24, 2.45) is 35.0 Å². The quantitative estimate of drug-likeness (QED) is 0.408. The molecule has 3 rings (SSSR count). The van der Waals surface area contributed by atoms with Gasteiger partial charge in [0.15, 0.2) is 11.6 Å². The number of carbonyl (C=O) groups excluding carboxylic acids is 4. The molecule has 0 radical (unpaired) electrons. The maximum Gasteiger partial charge on any atom is 0.235 e. The van der Waals surface area contributed by atoms with Crippen molar-refractivity contribution in [1.82, 2.24) is 5.32 Å². The molecule has 0 aromatic rings. The Morgan fingerprint density at radius 2 is 1.77 bits per heavy atom. The standard InChI is InChI=1S/C25H35NO5/c1-13(2)6-19-23-16(5)15(4)9-18-8-14(3)7-17(12-27)10-20(28)21(29)11-22(30)25(18,23)24(31)26-19/h8-9,13,16-19,23,27H,6-7,10-12H2,1-5H3,(H,26,31)/t16-,17+,18+,19+,23+,25-/m1/s1. The highest BCUT2D eigenvalue weighted by Gasteiger charge is 2.65. The van der Waals surface area contributed by atoms with Gasteiger partial charge in [-0.25, -0.2) is 0 Å².